The first kappa shape index (κ1) is 18.5. The monoisotopic (exact) mass is 366 g/mol. The predicted octanol–water partition coefficient (Wildman–Crippen LogP) is 3.78. The molecule has 140 valence electrons. The van der Waals surface area contributed by atoms with Crippen LogP contribution in [0.4, 0.5) is 0 Å². The van der Waals surface area contributed by atoms with Crippen LogP contribution in [-0.4, -0.2) is 25.1 Å². The number of aromatic nitrogens is 1. The van der Waals surface area contributed by atoms with Crippen molar-refractivity contribution >= 4 is 5.91 Å². The number of carbonyl (C=O) groups is 1. The number of hydrogen-bond donors (Lipinski definition) is 1. The van der Waals surface area contributed by atoms with Gasteiger partial charge in [-0.25, -0.2) is 4.98 Å². The molecule has 6 nitrogen and oxygen atoms in total. The molecule has 0 fully saturated rings. The molecule has 0 radical (unpaired) electrons. The molecule has 27 heavy (non-hydrogen) atoms. The van der Waals surface area contributed by atoms with Gasteiger partial charge in [0.1, 0.15) is 6.26 Å². The minimum atomic E-state index is -0.183. The maximum atomic E-state index is 12.4. The fourth-order valence-corrected chi connectivity index (χ4v) is 2.76. The summed E-state index contributed by atoms with van der Waals surface area (Å²) in [6, 6.07) is 15.0. The quantitative estimate of drug-likeness (QED) is 0.689. The Morgan fingerprint density at radius 2 is 1.85 bits per heavy atom. The highest BCUT2D eigenvalue weighted by Crippen LogP contribution is 2.29. The number of carbonyl (C=O) groups excluding carboxylic acids is 1. The molecule has 1 unspecified atom stereocenters. The number of nitrogens with one attached hydrogen (secondary N) is 1. The summed E-state index contributed by atoms with van der Waals surface area (Å²) in [5.41, 5.74) is 2.39. The van der Waals surface area contributed by atoms with Crippen LogP contribution < -0.4 is 14.8 Å². The number of rotatable bonds is 7. The summed E-state index contributed by atoms with van der Waals surface area (Å²) >= 11 is 0. The molecule has 1 aromatic heterocycles. The van der Waals surface area contributed by atoms with Crippen LogP contribution in [0.15, 0.2) is 59.2 Å². The maximum Gasteiger partial charge on any atom is 0.226 e. The maximum absolute atomic E-state index is 12.4. The Morgan fingerprint density at radius 3 is 2.56 bits per heavy atom. The van der Waals surface area contributed by atoms with Gasteiger partial charge in [0.15, 0.2) is 11.5 Å². The average molecular weight is 366 g/mol. The van der Waals surface area contributed by atoms with Crippen LogP contribution in [0, 0.1) is 0 Å². The molecule has 0 saturated heterocycles. The smallest absolute Gasteiger partial charge is 0.226 e. The highest BCUT2D eigenvalue weighted by Gasteiger charge is 2.15. The van der Waals surface area contributed by atoms with Crippen molar-refractivity contribution in [2.24, 2.45) is 0 Å². The number of ether oxygens (including phenoxy) is 2. The molecule has 6 heteroatoms. The van der Waals surface area contributed by atoms with Crippen molar-refractivity contribution in [1.82, 2.24) is 10.3 Å². The fraction of sp³-hybridized carbons (Fsp3) is 0.238. The van der Waals surface area contributed by atoms with Gasteiger partial charge in [-0.15, -0.1) is 0 Å². The molecule has 3 rings (SSSR count). The van der Waals surface area contributed by atoms with Gasteiger partial charge < -0.3 is 19.2 Å². The van der Waals surface area contributed by atoms with E-state index in [2.05, 4.69) is 10.3 Å². The Kier molecular flexibility index (Phi) is 5.76. The van der Waals surface area contributed by atoms with E-state index in [-0.39, 0.29) is 18.4 Å². The lowest BCUT2D eigenvalue weighted by molar-refractivity contribution is -0.121. The van der Waals surface area contributed by atoms with E-state index in [1.807, 2.05) is 55.5 Å². The summed E-state index contributed by atoms with van der Waals surface area (Å²) in [5.74, 6) is 1.65. The van der Waals surface area contributed by atoms with Crippen molar-refractivity contribution in [1.29, 1.82) is 0 Å². The van der Waals surface area contributed by atoms with Crippen molar-refractivity contribution in [2.45, 2.75) is 19.4 Å². The lowest BCUT2D eigenvalue weighted by Gasteiger charge is -2.16. The number of nitrogens with zero attached hydrogens (tertiary/aromatic N) is 1. The van der Waals surface area contributed by atoms with Crippen molar-refractivity contribution in [3.63, 3.8) is 0 Å². The third-order valence-electron chi connectivity index (χ3n) is 4.20. The summed E-state index contributed by atoms with van der Waals surface area (Å²) in [5, 5.41) is 2.97. The highest BCUT2D eigenvalue weighted by atomic mass is 16.5. The number of benzene rings is 2. The Hall–Kier alpha value is -3.28. The average Bonchev–Trinajstić information content (AvgIpc) is 3.16. The van der Waals surface area contributed by atoms with Gasteiger partial charge in [0.2, 0.25) is 11.8 Å². The molecule has 1 atom stereocenters. The second kappa shape index (κ2) is 8.40. The van der Waals surface area contributed by atoms with Crippen molar-refractivity contribution < 1.29 is 18.7 Å². The highest BCUT2D eigenvalue weighted by molar-refractivity contribution is 5.78. The van der Waals surface area contributed by atoms with E-state index in [0.29, 0.717) is 23.1 Å². The molecular formula is C21H22N2O4. The second-order valence-corrected chi connectivity index (χ2v) is 6.09. The number of amides is 1. The lowest BCUT2D eigenvalue weighted by atomic mass is 10.1. The van der Waals surface area contributed by atoms with Crippen LogP contribution in [0.2, 0.25) is 0 Å². The normalized spacial score (nSPS) is 11.7. The van der Waals surface area contributed by atoms with Gasteiger partial charge in [-0.2, -0.15) is 0 Å². The fourth-order valence-electron chi connectivity index (χ4n) is 2.76. The molecule has 0 bridgehead atoms. The van der Waals surface area contributed by atoms with Crippen LogP contribution in [0.1, 0.15) is 24.2 Å². The van der Waals surface area contributed by atoms with E-state index in [9.17, 15) is 4.79 Å². The third kappa shape index (κ3) is 4.47. The van der Waals surface area contributed by atoms with Gasteiger partial charge in [0, 0.05) is 5.56 Å². The van der Waals surface area contributed by atoms with Gasteiger partial charge in [0.25, 0.3) is 0 Å². The lowest BCUT2D eigenvalue weighted by Crippen LogP contribution is -2.28. The topological polar surface area (TPSA) is 73.6 Å². The molecular weight excluding hydrogens is 344 g/mol. The molecule has 0 saturated carbocycles. The zero-order chi connectivity index (χ0) is 19.2. The summed E-state index contributed by atoms with van der Waals surface area (Å²) in [6.07, 6.45) is 1.66. The Morgan fingerprint density at radius 1 is 1.11 bits per heavy atom. The van der Waals surface area contributed by atoms with Crippen LogP contribution in [0.25, 0.3) is 11.5 Å². The van der Waals surface area contributed by atoms with Crippen LogP contribution in [-0.2, 0) is 11.2 Å². The first-order chi connectivity index (χ1) is 13.1. The Bertz CT molecular complexity index is 906. The van der Waals surface area contributed by atoms with Gasteiger partial charge in [-0.1, -0.05) is 24.3 Å². The van der Waals surface area contributed by atoms with E-state index in [1.165, 1.54) is 6.26 Å². The first-order valence-electron chi connectivity index (χ1n) is 8.62. The SMILES string of the molecule is COc1ccc(C(C)NC(=O)Cc2coc(-c3ccccc3)n2)cc1OC. The Labute approximate surface area is 158 Å². The minimum Gasteiger partial charge on any atom is -0.493 e. The third-order valence-corrected chi connectivity index (χ3v) is 4.20. The summed E-state index contributed by atoms with van der Waals surface area (Å²) < 4.78 is 16.0. The summed E-state index contributed by atoms with van der Waals surface area (Å²) in [7, 11) is 3.17. The number of methoxy groups -OCH3 is 2. The number of oxazole rings is 1. The van der Waals surface area contributed by atoms with Crippen LogP contribution in [0.3, 0.4) is 0 Å². The minimum absolute atomic E-state index is 0.134. The molecule has 0 aliphatic rings. The molecule has 2 aromatic carbocycles. The molecule has 0 aliphatic carbocycles. The summed E-state index contributed by atoms with van der Waals surface area (Å²) in [6.45, 7) is 1.91. The van der Waals surface area contributed by atoms with Crippen molar-refractivity contribution in [2.75, 3.05) is 14.2 Å². The van der Waals surface area contributed by atoms with Crippen LogP contribution >= 0.6 is 0 Å². The molecule has 1 heterocycles. The van der Waals surface area contributed by atoms with Gasteiger partial charge in [0.05, 0.1) is 32.4 Å². The van der Waals surface area contributed by atoms with Crippen molar-refractivity contribution in [3.05, 3.63) is 66.1 Å². The predicted molar refractivity (Wildman–Crippen MR) is 102 cm³/mol. The van der Waals surface area contributed by atoms with Crippen molar-refractivity contribution in [3.8, 4) is 23.0 Å². The molecule has 1 N–H and O–H groups in total. The first-order valence-corrected chi connectivity index (χ1v) is 8.62. The van der Waals surface area contributed by atoms with E-state index < -0.39 is 0 Å². The molecule has 1 amide bonds. The van der Waals surface area contributed by atoms with Gasteiger partial charge in [-0.3, -0.25) is 4.79 Å². The molecule has 0 aliphatic heterocycles. The van der Waals surface area contributed by atoms with E-state index >= 15 is 0 Å². The van der Waals surface area contributed by atoms with E-state index in [1.54, 1.807) is 14.2 Å². The zero-order valence-corrected chi connectivity index (χ0v) is 15.6. The van der Waals surface area contributed by atoms with Crippen LogP contribution in [0.5, 0.6) is 11.5 Å². The molecule has 3 aromatic rings. The van der Waals surface area contributed by atoms with Gasteiger partial charge >= 0.3 is 0 Å². The largest absolute Gasteiger partial charge is 0.493 e. The number of hydrogen-bond acceptors (Lipinski definition) is 5. The molecule has 0 spiro atoms. The van der Waals surface area contributed by atoms with E-state index in [4.69, 9.17) is 13.9 Å². The second-order valence-electron chi connectivity index (χ2n) is 6.09. The summed E-state index contributed by atoms with van der Waals surface area (Å²) in [4.78, 5) is 16.8. The standard InChI is InChI=1S/C21H22N2O4/c1-14(16-9-10-18(25-2)19(11-16)26-3)22-20(24)12-17-13-27-21(23-17)15-7-5-4-6-8-15/h4-11,13-14H,12H2,1-3H3,(H,22,24). The zero-order valence-electron chi connectivity index (χ0n) is 15.6. The Balaban J connectivity index is 1.63. The van der Waals surface area contributed by atoms with E-state index in [0.717, 1.165) is 11.1 Å². The van der Waals surface area contributed by atoms with Gasteiger partial charge in [-0.05, 0) is 36.8 Å².